The molecular weight excluding hydrogens is 466 g/mol. The van der Waals surface area contributed by atoms with Crippen LogP contribution in [0.4, 0.5) is 19.7 Å². The number of rotatable bonds is 6. The van der Waals surface area contributed by atoms with E-state index in [0.29, 0.717) is 6.04 Å². The molecule has 1 N–H and O–H groups in total. The first-order valence-electron chi connectivity index (χ1n) is 12.3. The molecule has 1 aliphatic carbocycles. The van der Waals surface area contributed by atoms with Crippen LogP contribution in [0, 0.1) is 11.6 Å². The molecule has 0 unspecified atom stereocenters. The number of halogens is 2. The third-order valence-corrected chi connectivity index (χ3v) is 7.91. The van der Waals surface area contributed by atoms with Crippen molar-refractivity contribution < 1.29 is 8.78 Å². The van der Waals surface area contributed by atoms with Gasteiger partial charge in [0.2, 0.25) is 10.1 Å². The maximum absolute atomic E-state index is 13.5. The zero-order valence-corrected chi connectivity index (χ0v) is 20.3. The van der Waals surface area contributed by atoms with Gasteiger partial charge in [-0.25, -0.2) is 13.8 Å². The van der Waals surface area contributed by atoms with Gasteiger partial charge in [0.1, 0.15) is 17.3 Å². The minimum atomic E-state index is -0.253. The number of anilines is 2. The number of nitrogens with one attached hydrogen (secondary N) is 1. The predicted octanol–water partition coefficient (Wildman–Crippen LogP) is 5.41. The Morgan fingerprint density at radius 1 is 0.943 bits per heavy atom. The Bertz CT molecular complexity index is 1300. The Kier molecular flexibility index (Phi) is 6.12. The molecule has 2 aromatic carbocycles. The van der Waals surface area contributed by atoms with Crippen LogP contribution < -0.4 is 10.2 Å². The molecule has 182 valence electrons. The molecule has 4 aromatic rings. The smallest absolute Gasteiger partial charge is 0.216 e. The summed E-state index contributed by atoms with van der Waals surface area (Å²) in [5.74, 6) is 0.456. The summed E-state index contributed by atoms with van der Waals surface area (Å²) in [6.45, 7) is 4.27. The molecule has 0 spiro atoms. The van der Waals surface area contributed by atoms with E-state index in [-0.39, 0.29) is 11.6 Å². The Balaban J connectivity index is 1.22. The minimum absolute atomic E-state index is 0.186. The van der Waals surface area contributed by atoms with E-state index >= 15 is 0 Å². The summed E-state index contributed by atoms with van der Waals surface area (Å²) < 4.78 is 29.0. The Hall–Kier alpha value is -3.04. The van der Waals surface area contributed by atoms with Gasteiger partial charge in [0.25, 0.3) is 0 Å². The van der Waals surface area contributed by atoms with Crippen LogP contribution in [-0.4, -0.2) is 51.7 Å². The lowest BCUT2D eigenvalue weighted by Crippen LogP contribution is -2.46. The average Bonchev–Trinajstić information content (AvgIpc) is 3.59. The second-order valence-corrected chi connectivity index (χ2v) is 10.3. The van der Waals surface area contributed by atoms with Crippen LogP contribution in [-0.2, 0) is 6.54 Å². The third-order valence-electron chi connectivity index (χ3n) is 6.94. The second kappa shape index (κ2) is 9.54. The van der Waals surface area contributed by atoms with Gasteiger partial charge in [-0.05, 0) is 54.8 Å². The second-order valence-electron chi connectivity index (χ2n) is 9.41. The van der Waals surface area contributed by atoms with Crippen LogP contribution in [0.5, 0.6) is 0 Å². The number of piperazine rings is 1. The van der Waals surface area contributed by atoms with Crippen molar-refractivity contribution in [2.24, 2.45) is 0 Å². The van der Waals surface area contributed by atoms with Crippen LogP contribution >= 0.6 is 11.3 Å². The molecule has 0 bridgehead atoms. The van der Waals surface area contributed by atoms with Crippen molar-refractivity contribution in [1.29, 1.82) is 0 Å². The summed E-state index contributed by atoms with van der Waals surface area (Å²) in [6.07, 6.45) is 4.74. The molecule has 0 amide bonds. The van der Waals surface area contributed by atoms with E-state index in [2.05, 4.69) is 15.1 Å². The van der Waals surface area contributed by atoms with E-state index in [1.165, 1.54) is 31.0 Å². The third kappa shape index (κ3) is 4.75. The first-order chi connectivity index (χ1) is 17.1. The van der Waals surface area contributed by atoms with Crippen molar-refractivity contribution in [3.63, 3.8) is 0 Å². The van der Waals surface area contributed by atoms with Crippen molar-refractivity contribution in [3.05, 3.63) is 65.7 Å². The zero-order chi connectivity index (χ0) is 23.8. The lowest BCUT2D eigenvalue weighted by atomic mass is 10.1. The molecule has 2 aliphatic rings. The molecule has 35 heavy (non-hydrogen) atoms. The van der Waals surface area contributed by atoms with Gasteiger partial charge in [-0.15, -0.1) is 5.10 Å². The maximum atomic E-state index is 13.5. The molecule has 9 heteroatoms. The molecule has 6 rings (SSSR count). The first-order valence-corrected chi connectivity index (χ1v) is 13.1. The largest absolute Gasteiger partial charge is 0.365 e. The molecule has 1 saturated carbocycles. The van der Waals surface area contributed by atoms with Crippen LogP contribution in [0.25, 0.3) is 16.2 Å². The van der Waals surface area contributed by atoms with Gasteiger partial charge in [0.15, 0.2) is 5.82 Å². The minimum Gasteiger partial charge on any atom is -0.365 e. The van der Waals surface area contributed by atoms with Crippen molar-refractivity contribution in [2.75, 3.05) is 36.4 Å². The van der Waals surface area contributed by atoms with Crippen LogP contribution in [0.3, 0.4) is 0 Å². The number of hydrogen-bond donors (Lipinski definition) is 1. The molecule has 2 aromatic heterocycles. The van der Waals surface area contributed by atoms with Crippen molar-refractivity contribution in [1.82, 2.24) is 19.5 Å². The summed E-state index contributed by atoms with van der Waals surface area (Å²) in [6, 6.07) is 13.8. The highest BCUT2D eigenvalue weighted by atomic mass is 32.1. The van der Waals surface area contributed by atoms with E-state index in [1.54, 1.807) is 35.6 Å². The standard InChI is InChI=1S/C26H28F2N6S/c27-20-10-8-19(9-11-20)23-24(29-22-6-1-2-7-22)34-25(30-23)35-26(31-34)33-14-12-32(13-15-33)17-18-4-3-5-21(28)16-18/h3-5,8-11,16,22,29H,1-2,6-7,12-15,17H2. The van der Waals surface area contributed by atoms with Crippen LogP contribution in [0.2, 0.25) is 0 Å². The van der Waals surface area contributed by atoms with E-state index in [9.17, 15) is 8.78 Å². The average molecular weight is 495 g/mol. The monoisotopic (exact) mass is 494 g/mol. The molecule has 2 fully saturated rings. The quantitative estimate of drug-likeness (QED) is 0.388. The highest BCUT2D eigenvalue weighted by molar-refractivity contribution is 7.20. The first kappa shape index (κ1) is 22.4. The molecule has 0 radical (unpaired) electrons. The number of aromatic nitrogens is 3. The Morgan fingerprint density at radius 2 is 1.71 bits per heavy atom. The summed E-state index contributed by atoms with van der Waals surface area (Å²) >= 11 is 1.59. The van der Waals surface area contributed by atoms with Crippen molar-refractivity contribution >= 4 is 27.2 Å². The summed E-state index contributed by atoms with van der Waals surface area (Å²) in [5, 5.41) is 9.61. The maximum Gasteiger partial charge on any atom is 0.216 e. The van der Waals surface area contributed by atoms with Crippen LogP contribution in [0.15, 0.2) is 48.5 Å². The Morgan fingerprint density at radius 3 is 2.46 bits per heavy atom. The topological polar surface area (TPSA) is 48.7 Å². The predicted molar refractivity (Wildman–Crippen MR) is 136 cm³/mol. The Labute approximate surface area is 207 Å². The number of benzene rings is 2. The van der Waals surface area contributed by atoms with Gasteiger partial charge < -0.3 is 10.2 Å². The molecule has 0 atom stereocenters. The lowest BCUT2D eigenvalue weighted by molar-refractivity contribution is 0.249. The normalized spacial score (nSPS) is 17.5. The van der Waals surface area contributed by atoms with Gasteiger partial charge in [0, 0.05) is 44.3 Å². The van der Waals surface area contributed by atoms with Crippen molar-refractivity contribution in [2.45, 2.75) is 38.3 Å². The lowest BCUT2D eigenvalue weighted by Gasteiger charge is -2.34. The SMILES string of the molecule is Fc1ccc(-c2nc3sc(N4CCN(Cc5cccc(F)c5)CC4)nn3c2NC2CCCC2)cc1. The summed E-state index contributed by atoms with van der Waals surface area (Å²) in [7, 11) is 0. The highest BCUT2D eigenvalue weighted by Gasteiger charge is 2.25. The fraction of sp³-hybridized carbons (Fsp3) is 0.385. The van der Waals surface area contributed by atoms with Gasteiger partial charge in [-0.1, -0.05) is 36.3 Å². The molecule has 6 nitrogen and oxygen atoms in total. The molecule has 1 aliphatic heterocycles. The van der Waals surface area contributed by atoms with E-state index < -0.39 is 0 Å². The molecular formula is C26H28F2N6S. The number of nitrogens with zero attached hydrogens (tertiary/aromatic N) is 5. The van der Waals surface area contributed by atoms with Gasteiger partial charge in [0.05, 0.1) is 0 Å². The number of fused-ring (bicyclic) bond motifs is 1. The fourth-order valence-corrected chi connectivity index (χ4v) is 6.01. The van der Waals surface area contributed by atoms with Gasteiger partial charge in [-0.2, -0.15) is 4.52 Å². The number of imidazole rings is 1. The van der Waals surface area contributed by atoms with Crippen molar-refractivity contribution in [3.8, 4) is 11.3 Å². The zero-order valence-electron chi connectivity index (χ0n) is 19.5. The molecule has 3 heterocycles. The van der Waals surface area contributed by atoms with E-state index in [4.69, 9.17) is 10.1 Å². The summed E-state index contributed by atoms with van der Waals surface area (Å²) in [5.41, 5.74) is 2.71. The fourth-order valence-electron chi connectivity index (χ4n) is 5.06. The number of hydrogen-bond acceptors (Lipinski definition) is 6. The van der Waals surface area contributed by atoms with E-state index in [1.807, 2.05) is 10.6 Å². The van der Waals surface area contributed by atoms with Gasteiger partial charge >= 0.3 is 0 Å². The van der Waals surface area contributed by atoms with Crippen LogP contribution in [0.1, 0.15) is 31.2 Å². The van der Waals surface area contributed by atoms with Gasteiger partial charge in [-0.3, -0.25) is 4.90 Å². The van der Waals surface area contributed by atoms with E-state index in [0.717, 1.165) is 78.3 Å². The summed E-state index contributed by atoms with van der Waals surface area (Å²) in [4.78, 5) is 10.4. The highest BCUT2D eigenvalue weighted by Crippen LogP contribution is 2.35. The molecule has 1 saturated heterocycles.